The lowest BCUT2D eigenvalue weighted by Crippen LogP contribution is -2.36. The van der Waals surface area contributed by atoms with Crippen molar-refractivity contribution in [2.45, 2.75) is 71.4 Å². The van der Waals surface area contributed by atoms with Crippen molar-refractivity contribution in [2.24, 2.45) is 0 Å². The van der Waals surface area contributed by atoms with Gasteiger partial charge < -0.3 is 14.8 Å². The van der Waals surface area contributed by atoms with Crippen LogP contribution in [0.4, 0.5) is 0 Å². The van der Waals surface area contributed by atoms with Crippen LogP contribution in [0.25, 0.3) is 0 Å². The molecule has 1 amide bonds. The van der Waals surface area contributed by atoms with Gasteiger partial charge in [0.05, 0.1) is 12.7 Å². The summed E-state index contributed by atoms with van der Waals surface area (Å²) >= 11 is 0. The Morgan fingerprint density at radius 1 is 1.23 bits per heavy atom. The second-order valence-corrected chi connectivity index (χ2v) is 7.51. The van der Waals surface area contributed by atoms with Crippen LogP contribution in [0.2, 0.25) is 0 Å². The summed E-state index contributed by atoms with van der Waals surface area (Å²) in [7, 11) is 2.12. The van der Waals surface area contributed by atoms with E-state index in [0.717, 1.165) is 31.6 Å². The van der Waals surface area contributed by atoms with Gasteiger partial charge in [-0.25, -0.2) is 0 Å². The minimum atomic E-state index is -0.459. The second kappa shape index (κ2) is 10.7. The van der Waals surface area contributed by atoms with Crippen LogP contribution >= 0.6 is 0 Å². The van der Waals surface area contributed by atoms with Crippen molar-refractivity contribution < 1.29 is 14.3 Å². The van der Waals surface area contributed by atoms with E-state index in [1.165, 1.54) is 12.0 Å². The van der Waals surface area contributed by atoms with E-state index >= 15 is 0 Å². The molecule has 1 aromatic rings. The number of hydrogen-bond acceptors (Lipinski definition) is 4. The van der Waals surface area contributed by atoms with Gasteiger partial charge in [0.1, 0.15) is 6.10 Å². The number of rotatable bonds is 9. The Hall–Kier alpha value is -1.43. The lowest BCUT2D eigenvalue weighted by atomic mass is 10.1. The van der Waals surface area contributed by atoms with Crippen molar-refractivity contribution in [3.8, 4) is 0 Å². The minimum absolute atomic E-state index is 0.0792. The van der Waals surface area contributed by atoms with E-state index in [4.69, 9.17) is 9.47 Å². The lowest BCUT2D eigenvalue weighted by Gasteiger charge is -2.24. The molecular formula is C21H34N2O3. The van der Waals surface area contributed by atoms with Gasteiger partial charge in [-0.05, 0) is 58.2 Å². The van der Waals surface area contributed by atoms with Gasteiger partial charge in [0.25, 0.3) is 0 Å². The van der Waals surface area contributed by atoms with Crippen LogP contribution in [-0.4, -0.2) is 49.3 Å². The smallest absolute Gasteiger partial charge is 0.249 e. The fraction of sp³-hybridized carbons (Fsp3) is 0.667. The Labute approximate surface area is 158 Å². The third kappa shape index (κ3) is 7.06. The predicted molar refractivity (Wildman–Crippen MR) is 104 cm³/mol. The standard InChI is InChI=1S/C21H34N2O3/c1-16(2)23(4)14-19-10-8-18(9-11-19)13-22-21(24)17(3)26-15-20-7-5-6-12-25-20/h8-11,16-17,20H,5-7,12-15H2,1-4H3,(H,22,24). The molecule has 1 heterocycles. The normalized spacial score (nSPS) is 18.9. The van der Waals surface area contributed by atoms with Gasteiger partial charge in [0.15, 0.2) is 0 Å². The summed E-state index contributed by atoms with van der Waals surface area (Å²) in [6, 6.07) is 8.92. The highest BCUT2D eigenvalue weighted by Gasteiger charge is 2.18. The van der Waals surface area contributed by atoms with Crippen molar-refractivity contribution in [3.63, 3.8) is 0 Å². The van der Waals surface area contributed by atoms with E-state index in [0.29, 0.717) is 19.2 Å². The number of hydrogen-bond donors (Lipinski definition) is 1. The van der Waals surface area contributed by atoms with Crippen molar-refractivity contribution in [3.05, 3.63) is 35.4 Å². The average Bonchev–Trinajstić information content (AvgIpc) is 2.66. The van der Waals surface area contributed by atoms with Crippen molar-refractivity contribution >= 4 is 5.91 Å². The van der Waals surface area contributed by atoms with Gasteiger partial charge in [0.2, 0.25) is 5.91 Å². The third-order valence-electron chi connectivity index (χ3n) is 4.98. The molecule has 146 valence electrons. The first-order valence-corrected chi connectivity index (χ1v) is 9.74. The summed E-state index contributed by atoms with van der Waals surface area (Å²) in [5.74, 6) is -0.0792. The van der Waals surface area contributed by atoms with Crippen molar-refractivity contribution in [2.75, 3.05) is 20.3 Å². The minimum Gasteiger partial charge on any atom is -0.376 e. The zero-order valence-electron chi connectivity index (χ0n) is 16.7. The van der Waals surface area contributed by atoms with Gasteiger partial charge in [-0.3, -0.25) is 9.69 Å². The van der Waals surface area contributed by atoms with Gasteiger partial charge in [0, 0.05) is 25.7 Å². The number of carbonyl (C=O) groups excluding carboxylic acids is 1. The number of ether oxygens (including phenoxy) is 2. The summed E-state index contributed by atoms with van der Waals surface area (Å²) in [6.07, 6.45) is 3.00. The molecule has 2 rings (SSSR count). The molecule has 0 aromatic heterocycles. The first kappa shape index (κ1) is 20.9. The molecule has 5 heteroatoms. The van der Waals surface area contributed by atoms with Gasteiger partial charge in [-0.1, -0.05) is 24.3 Å². The van der Waals surface area contributed by atoms with Crippen LogP contribution in [0.15, 0.2) is 24.3 Å². The molecule has 2 unspecified atom stereocenters. The van der Waals surface area contributed by atoms with Crippen molar-refractivity contribution in [1.29, 1.82) is 0 Å². The van der Waals surface area contributed by atoms with E-state index in [1.807, 2.05) is 0 Å². The Morgan fingerprint density at radius 2 is 1.92 bits per heavy atom. The fourth-order valence-corrected chi connectivity index (χ4v) is 2.83. The summed E-state index contributed by atoms with van der Waals surface area (Å²) in [5.41, 5.74) is 2.37. The van der Waals surface area contributed by atoms with Gasteiger partial charge in [-0.15, -0.1) is 0 Å². The molecule has 0 bridgehead atoms. The van der Waals surface area contributed by atoms with Crippen LogP contribution < -0.4 is 5.32 Å². The highest BCUT2D eigenvalue weighted by molar-refractivity contribution is 5.80. The zero-order valence-corrected chi connectivity index (χ0v) is 16.7. The fourth-order valence-electron chi connectivity index (χ4n) is 2.83. The molecule has 1 aliphatic heterocycles. The van der Waals surface area contributed by atoms with Crippen LogP contribution in [0.5, 0.6) is 0 Å². The molecule has 0 aliphatic carbocycles. The highest BCUT2D eigenvalue weighted by Crippen LogP contribution is 2.13. The molecule has 0 saturated carbocycles. The van der Waals surface area contributed by atoms with Gasteiger partial charge >= 0.3 is 0 Å². The summed E-state index contributed by atoms with van der Waals surface area (Å²) < 4.78 is 11.3. The SMILES string of the molecule is CC(OCC1CCCCO1)C(=O)NCc1ccc(CN(C)C(C)C)cc1. The Bertz CT molecular complexity index is 539. The molecule has 1 N–H and O–H groups in total. The number of nitrogens with zero attached hydrogens (tertiary/aromatic N) is 1. The largest absolute Gasteiger partial charge is 0.376 e. The molecule has 1 fully saturated rings. The molecule has 0 spiro atoms. The zero-order chi connectivity index (χ0) is 18.9. The van der Waals surface area contributed by atoms with E-state index in [9.17, 15) is 4.79 Å². The molecular weight excluding hydrogens is 328 g/mol. The Kier molecular flexibility index (Phi) is 8.55. The number of amides is 1. The first-order chi connectivity index (χ1) is 12.5. The number of benzene rings is 1. The maximum Gasteiger partial charge on any atom is 0.249 e. The maximum absolute atomic E-state index is 12.2. The quantitative estimate of drug-likeness (QED) is 0.733. The molecule has 5 nitrogen and oxygen atoms in total. The van der Waals surface area contributed by atoms with Crippen LogP contribution in [0.1, 0.15) is 51.2 Å². The molecule has 2 atom stereocenters. The van der Waals surface area contributed by atoms with Crippen LogP contribution in [-0.2, 0) is 27.4 Å². The first-order valence-electron chi connectivity index (χ1n) is 9.74. The maximum atomic E-state index is 12.2. The Morgan fingerprint density at radius 3 is 2.54 bits per heavy atom. The lowest BCUT2D eigenvalue weighted by molar-refractivity contribution is -0.135. The van der Waals surface area contributed by atoms with Crippen LogP contribution in [0.3, 0.4) is 0 Å². The monoisotopic (exact) mass is 362 g/mol. The topological polar surface area (TPSA) is 50.8 Å². The highest BCUT2D eigenvalue weighted by atomic mass is 16.5. The molecule has 1 aliphatic rings. The van der Waals surface area contributed by atoms with Gasteiger partial charge in [-0.2, -0.15) is 0 Å². The number of nitrogens with one attached hydrogen (secondary N) is 1. The molecule has 1 aromatic carbocycles. The third-order valence-corrected chi connectivity index (χ3v) is 4.98. The van der Waals surface area contributed by atoms with Crippen LogP contribution in [0, 0.1) is 0 Å². The molecule has 26 heavy (non-hydrogen) atoms. The molecule has 1 saturated heterocycles. The Balaban J connectivity index is 1.70. The predicted octanol–water partition coefficient (Wildman–Crippen LogP) is 3.12. The van der Waals surface area contributed by atoms with E-state index in [-0.39, 0.29) is 12.0 Å². The van der Waals surface area contributed by atoms with E-state index < -0.39 is 6.10 Å². The second-order valence-electron chi connectivity index (χ2n) is 7.51. The summed E-state index contributed by atoms with van der Waals surface area (Å²) in [5, 5.41) is 2.95. The van der Waals surface area contributed by atoms with Crippen molar-refractivity contribution in [1.82, 2.24) is 10.2 Å². The molecule has 0 radical (unpaired) electrons. The van der Waals surface area contributed by atoms with E-state index in [2.05, 4.69) is 55.4 Å². The average molecular weight is 363 g/mol. The summed E-state index contributed by atoms with van der Waals surface area (Å²) in [4.78, 5) is 14.5. The summed E-state index contributed by atoms with van der Waals surface area (Å²) in [6.45, 7) is 8.92. The van der Waals surface area contributed by atoms with E-state index in [1.54, 1.807) is 6.92 Å². The number of carbonyl (C=O) groups is 1.